The molecule has 148 valence electrons. The summed E-state index contributed by atoms with van der Waals surface area (Å²) in [5, 5.41) is 9.35. The van der Waals surface area contributed by atoms with E-state index in [0.717, 1.165) is 37.3 Å². The van der Waals surface area contributed by atoms with Crippen molar-refractivity contribution in [3.05, 3.63) is 45.0 Å². The highest BCUT2D eigenvalue weighted by Gasteiger charge is 2.29. The van der Waals surface area contributed by atoms with Gasteiger partial charge in [-0.25, -0.2) is 14.2 Å². The maximum atomic E-state index is 14.9. The van der Waals surface area contributed by atoms with Crippen molar-refractivity contribution in [1.82, 2.24) is 9.55 Å². The highest BCUT2D eigenvalue weighted by Crippen LogP contribution is 2.37. The predicted molar refractivity (Wildman–Crippen MR) is 104 cm³/mol. The lowest BCUT2D eigenvalue weighted by Gasteiger charge is -2.31. The van der Waals surface area contributed by atoms with Crippen LogP contribution >= 0.6 is 0 Å². The number of hydrogen-bond acceptors (Lipinski definition) is 5. The van der Waals surface area contributed by atoms with Crippen molar-refractivity contribution >= 4 is 22.8 Å². The fourth-order valence-electron chi connectivity index (χ4n) is 3.79. The number of carbonyl (C=O) groups is 1. The average Bonchev–Trinajstić information content (AvgIpc) is 3.52. The van der Waals surface area contributed by atoms with E-state index in [0.29, 0.717) is 25.3 Å². The van der Waals surface area contributed by atoms with Crippen LogP contribution in [0.25, 0.3) is 11.0 Å². The molecular formula is C20H23FN4O3. The minimum absolute atomic E-state index is 0.0129. The van der Waals surface area contributed by atoms with Crippen LogP contribution in [0.15, 0.2) is 28.2 Å². The molecule has 3 heterocycles. The van der Waals surface area contributed by atoms with Gasteiger partial charge in [0.2, 0.25) is 5.43 Å². The zero-order valence-electron chi connectivity index (χ0n) is 15.7. The number of nitrogens with zero attached hydrogens (tertiary/aromatic N) is 3. The minimum Gasteiger partial charge on any atom is -0.477 e. The SMILES string of the molecule is CC(CN)=C1CCCN(c2nc3c(cc2F)c(=O)c(C(=O)O)cn3C2CC2)C1. The van der Waals surface area contributed by atoms with Crippen molar-refractivity contribution in [3.63, 3.8) is 0 Å². The highest BCUT2D eigenvalue weighted by atomic mass is 19.1. The maximum absolute atomic E-state index is 14.9. The molecule has 1 saturated heterocycles. The van der Waals surface area contributed by atoms with Crippen LogP contribution in [0.3, 0.4) is 0 Å². The number of halogens is 1. The van der Waals surface area contributed by atoms with Crippen LogP contribution in [0.2, 0.25) is 0 Å². The Morgan fingerprint density at radius 1 is 1.43 bits per heavy atom. The summed E-state index contributed by atoms with van der Waals surface area (Å²) in [5.74, 6) is -1.72. The Morgan fingerprint density at radius 3 is 2.82 bits per heavy atom. The van der Waals surface area contributed by atoms with Gasteiger partial charge in [-0.3, -0.25) is 4.79 Å². The third-order valence-corrected chi connectivity index (χ3v) is 5.61. The van der Waals surface area contributed by atoms with Crippen molar-refractivity contribution in [1.29, 1.82) is 0 Å². The van der Waals surface area contributed by atoms with E-state index in [-0.39, 0.29) is 22.8 Å². The molecule has 3 N–H and O–H groups in total. The second kappa shape index (κ2) is 7.01. The molecule has 2 aliphatic rings. The summed E-state index contributed by atoms with van der Waals surface area (Å²) in [4.78, 5) is 30.4. The number of carboxylic acid groups (broad SMARTS) is 1. The highest BCUT2D eigenvalue weighted by molar-refractivity contribution is 5.92. The molecule has 1 saturated carbocycles. The van der Waals surface area contributed by atoms with Crippen molar-refractivity contribution in [2.75, 3.05) is 24.5 Å². The third-order valence-electron chi connectivity index (χ3n) is 5.61. The number of aromatic nitrogens is 2. The molecule has 0 amide bonds. The van der Waals surface area contributed by atoms with Crippen LogP contribution in [0, 0.1) is 5.82 Å². The van der Waals surface area contributed by atoms with Gasteiger partial charge in [-0.15, -0.1) is 0 Å². The summed E-state index contributed by atoms with van der Waals surface area (Å²) in [6.07, 6.45) is 4.93. The Kier molecular flexibility index (Phi) is 4.66. The quantitative estimate of drug-likeness (QED) is 0.783. The van der Waals surface area contributed by atoms with Crippen LogP contribution in [-0.2, 0) is 0 Å². The number of nitrogens with two attached hydrogens (primary N) is 1. The molecule has 0 aromatic carbocycles. The van der Waals surface area contributed by atoms with Crippen molar-refractivity contribution in [2.24, 2.45) is 5.73 Å². The van der Waals surface area contributed by atoms with Gasteiger partial charge < -0.3 is 20.3 Å². The predicted octanol–water partition coefficient (Wildman–Crippen LogP) is 2.44. The minimum atomic E-state index is -1.31. The number of anilines is 1. The van der Waals surface area contributed by atoms with Crippen LogP contribution in [0.5, 0.6) is 0 Å². The summed E-state index contributed by atoms with van der Waals surface area (Å²) in [6.45, 7) is 3.67. The average molecular weight is 386 g/mol. The van der Waals surface area contributed by atoms with E-state index in [1.54, 1.807) is 4.57 Å². The first-order valence-electron chi connectivity index (χ1n) is 9.52. The summed E-state index contributed by atoms with van der Waals surface area (Å²) in [6, 6.07) is 1.24. The molecule has 4 rings (SSSR count). The Balaban J connectivity index is 1.86. The fraction of sp³-hybridized carbons (Fsp3) is 0.450. The second-order valence-corrected chi connectivity index (χ2v) is 7.59. The zero-order chi connectivity index (χ0) is 20.0. The van der Waals surface area contributed by atoms with Crippen molar-refractivity contribution in [2.45, 2.75) is 38.6 Å². The van der Waals surface area contributed by atoms with Crippen molar-refractivity contribution < 1.29 is 14.3 Å². The van der Waals surface area contributed by atoms with E-state index in [9.17, 15) is 19.1 Å². The van der Waals surface area contributed by atoms with Gasteiger partial charge in [0, 0.05) is 31.9 Å². The first-order chi connectivity index (χ1) is 13.4. The van der Waals surface area contributed by atoms with Gasteiger partial charge in [0.05, 0.1) is 5.39 Å². The van der Waals surface area contributed by atoms with Gasteiger partial charge in [0.1, 0.15) is 11.2 Å². The van der Waals surface area contributed by atoms with E-state index >= 15 is 0 Å². The van der Waals surface area contributed by atoms with Crippen LogP contribution < -0.4 is 16.1 Å². The van der Waals surface area contributed by atoms with E-state index in [4.69, 9.17) is 5.73 Å². The molecule has 0 unspecified atom stereocenters. The van der Waals surface area contributed by atoms with Crippen LogP contribution in [0.1, 0.15) is 49.0 Å². The van der Waals surface area contributed by atoms with Crippen molar-refractivity contribution in [3.8, 4) is 0 Å². The van der Waals surface area contributed by atoms with Gasteiger partial charge in [-0.2, -0.15) is 0 Å². The van der Waals surface area contributed by atoms with Crippen LogP contribution in [0.4, 0.5) is 10.2 Å². The molecule has 2 aromatic rings. The zero-order valence-corrected chi connectivity index (χ0v) is 15.7. The van der Waals surface area contributed by atoms with E-state index in [1.807, 2.05) is 11.8 Å². The summed E-state index contributed by atoms with van der Waals surface area (Å²) in [5.41, 5.74) is 7.35. The molecular weight excluding hydrogens is 363 g/mol. The van der Waals surface area contributed by atoms with E-state index < -0.39 is 17.2 Å². The molecule has 1 aliphatic heterocycles. The lowest BCUT2D eigenvalue weighted by Crippen LogP contribution is -2.34. The summed E-state index contributed by atoms with van der Waals surface area (Å²) >= 11 is 0. The number of fused-ring (bicyclic) bond motifs is 1. The molecule has 28 heavy (non-hydrogen) atoms. The number of piperidine rings is 1. The molecule has 0 radical (unpaired) electrons. The van der Waals surface area contributed by atoms with E-state index in [2.05, 4.69) is 4.98 Å². The number of aromatic carboxylic acids is 1. The number of hydrogen-bond donors (Lipinski definition) is 2. The second-order valence-electron chi connectivity index (χ2n) is 7.59. The molecule has 8 heteroatoms. The fourth-order valence-corrected chi connectivity index (χ4v) is 3.79. The van der Waals surface area contributed by atoms with Gasteiger partial charge >= 0.3 is 5.97 Å². The monoisotopic (exact) mass is 386 g/mol. The third kappa shape index (κ3) is 3.17. The smallest absolute Gasteiger partial charge is 0.341 e. The standard InChI is InChI=1S/C20H23FN4O3/c1-11(8-22)12-3-2-6-24(9-12)19-16(21)7-14-17(26)15(20(27)28)10-25(13-4-5-13)18(14)23-19/h7,10,13H,2-6,8-9,22H2,1H3,(H,27,28). The Hall–Kier alpha value is -2.74. The first-order valence-corrected chi connectivity index (χ1v) is 9.52. The number of pyridine rings is 2. The Bertz CT molecular complexity index is 1060. The van der Waals surface area contributed by atoms with Gasteiger partial charge in [0.25, 0.3) is 0 Å². The van der Waals surface area contributed by atoms with Gasteiger partial charge in [-0.1, -0.05) is 11.1 Å². The van der Waals surface area contributed by atoms with Crippen LogP contribution in [-0.4, -0.2) is 40.3 Å². The lowest BCUT2D eigenvalue weighted by atomic mass is 9.99. The Labute approximate surface area is 161 Å². The topological polar surface area (TPSA) is 101 Å². The lowest BCUT2D eigenvalue weighted by molar-refractivity contribution is 0.0695. The maximum Gasteiger partial charge on any atom is 0.341 e. The number of rotatable bonds is 4. The normalized spacial score (nSPS) is 19.2. The largest absolute Gasteiger partial charge is 0.477 e. The summed E-state index contributed by atoms with van der Waals surface area (Å²) in [7, 11) is 0. The summed E-state index contributed by atoms with van der Waals surface area (Å²) < 4.78 is 16.7. The molecule has 2 fully saturated rings. The Morgan fingerprint density at radius 2 is 2.18 bits per heavy atom. The van der Waals surface area contributed by atoms with Gasteiger partial charge in [-0.05, 0) is 38.7 Å². The number of carboxylic acids is 1. The van der Waals surface area contributed by atoms with E-state index in [1.165, 1.54) is 11.8 Å². The molecule has 0 spiro atoms. The first kappa shape index (κ1) is 18.6. The molecule has 7 nitrogen and oxygen atoms in total. The van der Waals surface area contributed by atoms with Gasteiger partial charge in [0.15, 0.2) is 11.6 Å². The molecule has 1 aliphatic carbocycles. The molecule has 2 aromatic heterocycles. The molecule has 0 bridgehead atoms. The molecule has 0 atom stereocenters.